The van der Waals surface area contributed by atoms with Crippen LogP contribution in [-0.2, 0) is 0 Å². The van der Waals surface area contributed by atoms with Crippen LogP contribution in [0.3, 0.4) is 0 Å². The quantitative estimate of drug-likeness (QED) is 0.661. The van der Waals surface area contributed by atoms with E-state index in [1.807, 2.05) is 6.07 Å². The van der Waals surface area contributed by atoms with Gasteiger partial charge >= 0.3 is 0 Å². The summed E-state index contributed by atoms with van der Waals surface area (Å²) >= 11 is 5.95. The first-order valence-electron chi connectivity index (χ1n) is 5.00. The molecule has 84 valence electrons. The minimum absolute atomic E-state index is 0.266. The smallest absolute Gasteiger partial charge is 0.154 e. The van der Waals surface area contributed by atoms with Crippen LogP contribution in [-0.4, -0.2) is 14.6 Å². The van der Waals surface area contributed by atoms with Gasteiger partial charge in [-0.25, -0.2) is 13.9 Å². The average molecular weight is 248 g/mol. The Morgan fingerprint density at radius 3 is 2.65 bits per heavy atom. The van der Waals surface area contributed by atoms with Crippen LogP contribution < -0.4 is 0 Å². The van der Waals surface area contributed by atoms with Crippen LogP contribution in [0.25, 0.3) is 16.8 Å². The Balaban J connectivity index is 2.18. The third-order valence-electron chi connectivity index (χ3n) is 2.48. The van der Waals surface area contributed by atoms with Gasteiger partial charge < -0.3 is 0 Å². The van der Waals surface area contributed by atoms with E-state index in [0.717, 1.165) is 16.8 Å². The molecule has 0 fully saturated rings. The largest absolute Gasteiger partial charge is 0.241 e. The van der Waals surface area contributed by atoms with E-state index < -0.39 is 0 Å². The fraction of sp³-hybridized carbons (Fsp3) is 0. The van der Waals surface area contributed by atoms with E-state index in [4.69, 9.17) is 11.6 Å². The third-order valence-corrected chi connectivity index (χ3v) is 2.77. The summed E-state index contributed by atoms with van der Waals surface area (Å²) in [6, 6.07) is 7.98. The highest BCUT2D eigenvalue weighted by molar-refractivity contribution is 6.32. The van der Waals surface area contributed by atoms with Gasteiger partial charge in [-0.3, -0.25) is 0 Å². The molecule has 3 aromatic rings. The molecule has 1 aromatic carbocycles. The normalized spacial score (nSPS) is 10.9. The van der Waals surface area contributed by atoms with E-state index in [1.54, 1.807) is 29.0 Å². The fourth-order valence-electron chi connectivity index (χ4n) is 1.65. The maximum Gasteiger partial charge on any atom is 0.154 e. The predicted octanol–water partition coefficient (Wildman–Crippen LogP) is 3.19. The third kappa shape index (κ3) is 1.76. The summed E-state index contributed by atoms with van der Waals surface area (Å²) in [6.07, 6.45) is 3.30. The van der Waals surface area contributed by atoms with Crippen LogP contribution in [0.2, 0.25) is 5.15 Å². The summed E-state index contributed by atoms with van der Waals surface area (Å²) in [7, 11) is 0. The van der Waals surface area contributed by atoms with Crippen molar-refractivity contribution in [2.24, 2.45) is 0 Å². The molecule has 0 saturated heterocycles. The molecule has 0 saturated carbocycles. The van der Waals surface area contributed by atoms with Gasteiger partial charge in [0, 0.05) is 18.0 Å². The van der Waals surface area contributed by atoms with Crippen LogP contribution in [0.5, 0.6) is 0 Å². The Morgan fingerprint density at radius 1 is 1.18 bits per heavy atom. The SMILES string of the molecule is Fc1ccc(-c2cc3c(Cl)nccn3n2)cc1. The Hall–Kier alpha value is -1.94. The van der Waals surface area contributed by atoms with Gasteiger partial charge in [0.2, 0.25) is 0 Å². The summed E-state index contributed by atoms with van der Waals surface area (Å²) in [6.45, 7) is 0. The number of benzene rings is 1. The van der Waals surface area contributed by atoms with Gasteiger partial charge in [-0.2, -0.15) is 5.10 Å². The van der Waals surface area contributed by atoms with E-state index in [1.165, 1.54) is 12.1 Å². The lowest BCUT2D eigenvalue weighted by atomic mass is 10.1. The van der Waals surface area contributed by atoms with Crippen molar-refractivity contribution in [1.29, 1.82) is 0 Å². The summed E-state index contributed by atoms with van der Waals surface area (Å²) in [5.41, 5.74) is 2.31. The highest BCUT2D eigenvalue weighted by atomic mass is 35.5. The first-order valence-corrected chi connectivity index (χ1v) is 5.38. The summed E-state index contributed by atoms with van der Waals surface area (Å²) in [5.74, 6) is -0.266. The van der Waals surface area contributed by atoms with Crippen LogP contribution in [0.4, 0.5) is 4.39 Å². The van der Waals surface area contributed by atoms with Gasteiger partial charge in [0.05, 0.1) is 5.69 Å². The van der Waals surface area contributed by atoms with Crippen molar-refractivity contribution in [2.75, 3.05) is 0 Å². The molecule has 0 aliphatic carbocycles. The zero-order chi connectivity index (χ0) is 11.8. The van der Waals surface area contributed by atoms with Crippen LogP contribution in [0, 0.1) is 5.82 Å². The molecular weight excluding hydrogens is 241 g/mol. The molecule has 0 unspecified atom stereocenters. The monoisotopic (exact) mass is 247 g/mol. The number of hydrogen-bond acceptors (Lipinski definition) is 2. The van der Waals surface area contributed by atoms with E-state index in [0.29, 0.717) is 5.15 Å². The lowest BCUT2D eigenvalue weighted by molar-refractivity contribution is 0.628. The molecule has 0 bridgehead atoms. The maximum atomic E-state index is 12.8. The summed E-state index contributed by atoms with van der Waals surface area (Å²) < 4.78 is 14.5. The van der Waals surface area contributed by atoms with E-state index in [9.17, 15) is 4.39 Å². The first-order chi connectivity index (χ1) is 8.24. The molecule has 0 radical (unpaired) electrons. The number of hydrogen-bond donors (Lipinski definition) is 0. The molecule has 0 aliphatic heterocycles. The van der Waals surface area contributed by atoms with Crippen molar-refractivity contribution in [3.05, 3.63) is 53.7 Å². The van der Waals surface area contributed by atoms with Gasteiger partial charge in [0.1, 0.15) is 11.3 Å². The van der Waals surface area contributed by atoms with Crippen LogP contribution in [0.1, 0.15) is 0 Å². The molecule has 0 atom stereocenters. The van der Waals surface area contributed by atoms with Crippen molar-refractivity contribution in [3.8, 4) is 11.3 Å². The number of fused-ring (bicyclic) bond motifs is 1. The average Bonchev–Trinajstić information content (AvgIpc) is 2.75. The summed E-state index contributed by atoms with van der Waals surface area (Å²) in [4.78, 5) is 3.97. The van der Waals surface area contributed by atoms with E-state index in [2.05, 4.69) is 10.1 Å². The molecule has 5 heteroatoms. The molecule has 2 heterocycles. The van der Waals surface area contributed by atoms with Gasteiger partial charge in [-0.1, -0.05) is 11.6 Å². The van der Waals surface area contributed by atoms with Gasteiger partial charge in [0.15, 0.2) is 5.15 Å². The number of rotatable bonds is 1. The number of aromatic nitrogens is 3. The Morgan fingerprint density at radius 2 is 1.94 bits per heavy atom. The lowest BCUT2D eigenvalue weighted by Crippen LogP contribution is -1.88. The fourth-order valence-corrected chi connectivity index (χ4v) is 1.85. The molecule has 3 nitrogen and oxygen atoms in total. The first kappa shape index (κ1) is 10.2. The Kier molecular flexibility index (Phi) is 2.30. The lowest BCUT2D eigenvalue weighted by Gasteiger charge is -1.94. The van der Waals surface area contributed by atoms with Crippen LogP contribution in [0.15, 0.2) is 42.7 Å². The molecule has 0 amide bonds. The number of nitrogens with zero attached hydrogens (tertiary/aromatic N) is 3. The highest BCUT2D eigenvalue weighted by Gasteiger charge is 2.07. The minimum Gasteiger partial charge on any atom is -0.241 e. The molecule has 0 spiro atoms. The zero-order valence-electron chi connectivity index (χ0n) is 8.64. The van der Waals surface area contributed by atoms with Gasteiger partial charge in [-0.15, -0.1) is 0 Å². The maximum absolute atomic E-state index is 12.8. The molecule has 0 aliphatic rings. The minimum atomic E-state index is -0.266. The topological polar surface area (TPSA) is 30.2 Å². The number of halogens is 2. The Bertz CT molecular complexity index is 676. The molecule has 3 rings (SSSR count). The van der Waals surface area contributed by atoms with Gasteiger partial charge in [0.25, 0.3) is 0 Å². The predicted molar refractivity (Wildman–Crippen MR) is 63.4 cm³/mol. The molecule has 2 aromatic heterocycles. The zero-order valence-corrected chi connectivity index (χ0v) is 9.39. The molecule has 0 N–H and O–H groups in total. The second-order valence-corrected chi connectivity index (χ2v) is 3.94. The van der Waals surface area contributed by atoms with Gasteiger partial charge in [-0.05, 0) is 30.3 Å². The van der Waals surface area contributed by atoms with Crippen molar-refractivity contribution in [2.45, 2.75) is 0 Å². The summed E-state index contributed by atoms with van der Waals surface area (Å²) in [5, 5.41) is 4.74. The standard InChI is InChI=1S/C12H7ClFN3/c13-12-11-7-10(16-17(11)6-5-15-12)8-1-3-9(14)4-2-8/h1-7H. The Labute approximate surface area is 101 Å². The highest BCUT2D eigenvalue weighted by Crippen LogP contribution is 2.22. The van der Waals surface area contributed by atoms with E-state index in [-0.39, 0.29) is 5.82 Å². The van der Waals surface area contributed by atoms with E-state index >= 15 is 0 Å². The van der Waals surface area contributed by atoms with Crippen LogP contribution >= 0.6 is 11.6 Å². The second-order valence-electron chi connectivity index (χ2n) is 3.58. The molecular formula is C12H7ClFN3. The van der Waals surface area contributed by atoms with Crippen molar-refractivity contribution in [1.82, 2.24) is 14.6 Å². The second kappa shape index (κ2) is 3.82. The molecule has 17 heavy (non-hydrogen) atoms. The van der Waals surface area contributed by atoms with Crippen molar-refractivity contribution >= 4 is 17.1 Å². The van der Waals surface area contributed by atoms with Crippen molar-refractivity contribution < 1.29 is 4.39 Å². The van der Waals surface area contributed by atoms with Crippen molar-refractivity contribution in [3.63, 3.8) is 0 Å².